The van der Waals surface area contributed by atoms with E-state index in [1.807, 2.05) is 13.0 Å². The third kappa shape index (κ3) is 2.74. The minimum atomic E-state index is -0.241. The Bertz CT molecular complexity index is 629. The fraction of sp³-hybridized carbons (Fsp3) is 0.286. The summed E-state index contributed by atoms with van der Waals surface area (Å²) in [5, 5.41) is 1.21. The molecular formula is C14H12ClFN2S. The van der Waals surface area contributed by atoms with Crippen molar-refractivity contribution in [2.45, 2.75) is 35.6 Å². The fourth-order valence-corrected chi connectivity index (χ4v) is 2.88. The quantitative estimate of drug-likeness (QED) is 0.773. The fourth-order valence-electron chi connectivity index (χ4n) is 1.74. The van der Waals surface area contributed by atoms with E-state index in [-0.39, 0.29) is 5.82 Å². The van der Waals surface area contributed by atoms with Crippen LogP contribution in [-0.4, -0.2) is 9.97 Å². The molecule has 3 rings (SSSR count). The lowest BCUT2D eigenvalue weighted by Crippen LogP contribution is -1.98. The summed E-state index contributed by atoms with van der Waals surface area (Å²) in [6.45, 7) is 1.86. The summed E-state index contributed by atoms with van der Waals surface area (Å²) in [6, 6.07) is 6.68. The van der Waals surface area contributed by atoms with Crippen molar-refractivity contribution >= 4 is 23.4 Å². The summed E-state index contributed by atoms with van der Waals surface area (Å²) >= 11 is 7.44. The van der Waals surface area contributed by atoms with Crippen LogP contribution < -0.4 is 0 Å². The molecule has 1 saturated carbocycles. The van der Waals surface area contributed by atoms with E-state index >= 15 is 0 Å². The van der Waals surface area contributed by atoms with Crippen molar-refractivity contribution < 1.29 is 4.39 Å². The van der Waals surface area contributed by atoms with Gasteiger partial charge in [-0.3, -0.25) is 0 Å². The summed E-state index contributed by atoms with van der Waals surface area (Å²) in [4.78, 5) is 9.40. The monoisotopic (exact) mass is 294 g/mol. The molecule has 1 heterocycles. The first-order valence-corrected chi connectivity index (χ1v) is 7.31. The van der Waals surface area contributed by atoms with Crippen LogP contribution >= 0.6 is 23.4 Å². The Morgan fingerprint density at radius 1 is 1.26 bits per heavy atom. The summed E-state index contributed by atoms with van der Waals surface area (Å²) in [5.74, 6) is 0.974. The van der Waals surface area contributed by atoms with Crippen molar-refractivity contribution in [2.75, 3.05) is 0 Å². The molecule has 2 nitrogen and oxygen atoms in total. The molecule has 1 aromatic heterocycles. The van der Waals surface area contributed by atoms with E-state index in [0.717, 1.165) is 29.3 Å². The predicted molar refractivity (Wildman–Crippen MR) is 74.3 cm³/mol. The number of hydrogen-bond donors (Lipinski definition) is 0. The normalized spacial score (nSPS) is 14.7. The van der Waals surface area contributed by atoms with Gasteiger partial charge in [0.1, 0.15) is 21.8 Å². The zero-order valence-corrected chi connectivity index (χ0v) is 11.9. The van der Waals surface area contributed by atoms with Crippen molar-refractivity contribution in [1.29, 1.82) is 0 Å². The number of halogens is 2. The first kappa shape index (κ1) is 12.9. The van der Waals surface area contributed by atoms with E-state index in [1.54, 1.807) is 12.1 Å². The molecule has 2 aromatic rings. The Kier molecular flexibility index (Phi) is 3.46. The van der Waals surface area contributed by atoms with Gasteiger partial charge in [-0.2, -0.15) is 0 Å². The molecular weight excluding hydrogens is 283 g/mol. The molecule has 0 N–H and O–H groups in total. The van der Waals surface area contributed by atoms with Crippen LogP contribution in [0, 0.1) is 12.7 Å². The van der Waals surface area contributed by atoms with Crippen LogP contribution in [0.15, 0.2) is 34.2 Å². The number of hydrogen-bond acceptors (Lipinski definition) is 3. The summed E-state index contributed by atoms with van der Waals surface area (Å²) in [7, 11) is 0. The molecule has 0 spiro atoms. The van der Waals surface area contributed by atoms with Crippen LogP contribution in [-0.2, 0) is 0 Å². The third-order valence-corrected chi connectivity index (χ3v) is 4.55. The highest BCUT2D eigenvalue weighted by atomic mass is 35.5. The van der Waals surface area contributed by atoms with Gasteiger partial charge in [-0.05, 0) is 31.9 Å². The van der Waals surface area contributed by atoms with Gasteiger partial charge in [0.2, 0.25) is 0 Å². The Morgan fingerprint density at radius 3 is 2.68 bits per heavy atom. The van der Waals surface area contributed by atoms with Gasteiger partial charge in [-0.15, -0.1) is 0 Å². The first-order valence-electron chi connectivity index (χ1n) is 6.11. The Labute approximate surface area is 120 Å². The molecule has 0 amide bonds. The molecule has 1 aromatic carbocycles. The summed E-state index contributed by atoms with van der Waals surface area (Å²) < 4.78 is 13.7. The number of benzene rings is 1. The smallest absolute Gasteiger partial charge is 0.137 e. The van der Waals surface area contributed by atoms with Gasteiger partial charge in [-0.1, -0.05) is 35.5 Å². The Balaban J connectivity index is 1.98. The molecule has 0 aliphatic heterocycles. The molecule has 0 saturated heterocycles. The topological polar surface area (TPSA) is 25.8 Å². The van der Waals surface area contributed by atoms with Crippen LogP contribution in [0.4, 0.5) is 4.39 Å². The van der Waals surface area contributed by atoms with Gasteiger partial charge in [0.05, 0.1) is 0 Å². The molecule has 0 radical (unpaired) electrons. The molecule has 1 fully saturated rings. The predicted octanol–water partition coefficient (Wildman–Crippen LogP) is 4.61. The maximum Gasteiger partial charge on any atom is 0.137 e. The SMILES string of the molecule is Cc1c(Cl)nc(C2CC2)nc1Sc1ccccc1F. The van der Waals surface area contributed by atoms with Gasteiger partial charge < -0.3 is 0 Å². The van der Waals surface area contributed by atoms with E-state index in [9.17, 15) is 4.39 Å². The lowest BCUT2D eigenvalue weighted by atomic mass is 10.3. The van der Waals surface area contributed by atoms with E-state index in [2.05, 4.69) is 9.97 Å². The van der Waals surface area contributed by atoms with Crippen molar-refractivity contribution in [3.63, 3.8) is 0 Å². The van der Waals surface area contributed by atoms with E-state index in [4.69, 9.17) is 11.6 Å². The minimum Gasteiger partial charge on any atom is -0.226 e. The Hall–Kier alpha value is -1.13. The molecule has 0 bridgehead atoms. The zero-order chi connectivity index (χ0) is 13.4. The second-order valence-electron chi connectivity index (χ2n) is 4.61. The molecule has 98 valence electrons. The molecule has 1 aliphatic carbocycles. The van der Waals surface area contributed by atoms with Crippen LogP contribution in [0.2, 0.25) is 5.15 Å². The first-order chi connectivity index (χ1) is 9.15. The maximum atomic E-state index is 13.7. The summed E-state index contributed by atoms with van der Waals surface area (Å²) in [6.07, 6.45) is 2.23. The molecule has 1 aliphatic rings. The van der Waals surface area contributed by atoms with E-state index < -0.39 is 0 Å². The number of aromatic nitrogens is 2. The highest BCUT2D eigenvalue weighted by Crippen LogP contribution is 2.41. The second-order valence-corrected chi connectivity index (χ2v) is 6.00. The van der Waals surface area contributed by atoms with Gasteiger partial charge in [0.25, 0.3) is 0 Å². The average Bonchev–Trinajstić information content (AvgIpc) is 3.21. The highest BCUT2D eigenvalue weighted by Gasteiger charge is 2.28. The zero-order valence-electron chi connectivity index (χ0n) is 10.4. The minimum absolute atomic E-state index is 0.241. The molecule has 0 unspecified atom stereocenters. The highest BCUT2D eigenvalue weighted by molar-refractivity contribution is 7.99. The van der Waals surface area contributed by atoms with Crippen molar-refractivity contribution in [3.8, 4) is 0 Å². The average molecular weight is 295 g/mol. The number of rotatable bonds is 3. The van der Waals surface area contributed by atoms with Crippen LogP contribution in [0.1, 0.15) is 30.1 Å². The van der Waals surface area contributed by atoms with Crippen molar-refractivity contribution in [2.24, 2.45) is 0 Å². The largest absolute Gasteiger partial charge is 0.226 e. The molecule has 5 heteroatoms. The Morgan fingerprint density at radius 2 is 2.00 bits per heavy atom. The molecule has 19 heavy (non-hydrogen) atoms. The van der Waals surface area contributed by atoms with Crippen molar-refractivity contribution in [3.05, 3.63) is 46.6 Å². The van der Waals surface area contributed by atoms with Crippen LogP contribution in [0.25, 0.3) is 0 Å². The lowest BCUT2D eigenvalue weighted by Gasteiger charge is -2.08. The van der Waals surface area contributed by atoms with Gasteiger partial charge >= 0.3 is 0 Å². The lowest BCUT2D eigenvalue weighted by molar-refractivity contribution is 0.602. The second kappa shape index (κ2) is 5.10. The van der Waals surface area contributed by atoms with Gasteiger partial charge in [0.15, 0.2) is 0 Å². The van der Waals surface area contributed by atoms with E-state index in [0.29, 0.717) is 16.0 Å². The van der Waals surface area contributed by atoms with Crippen LogP contribution in [0.3, 0.4) is 0 Å². The standard InChI is InChI=1S/C14H12ClFN2S/c1-8-12(15)17-13(9-6-7-9)18-14(8)19-11-5-3-2-4-10(11)16/h2-5,9H,6-7H2,1H3. The third-order valence-electron chi connectivity index (χ3n) is 3.04. The maximum absolute atomic E-state index is 13.7. The van der Waals surface area contributed by atoms with E-state index in [1.165, 1.54) is 17.8 Å². The van der Waals surface area contributed by atoms with Gasteiger partial charge in [-0.25, -0.2) is 14.4 Å². The van der Waals surface area contributed by atoms with Crippen LogP contribution in [0.5, 0.6) is 0 Å². The van der Waals surface area contributed by atoms with Gasteiger partial charge in [0, 0.05) is 16.4 Å². The molecule has 0 atom stereocenters. The number of nitrogens with zero attached hydrogens (tertiary/aromatic N) is 2. The van der Waals surface area contributed by atoms with Crippen molar-refractivity contribution in [1.82, 2.24) is 9.97 Å². The summed E-state index contributed by atoms with van der Waals surface area (Å²) in [5.41, 5.74) is 0.805.